The summed E-state index contributed by atoms with van der Waals surface area (Å²) in [4.78, 5) is 34.6. The van der Waals surface area contributed by atoms with E-state index in [1.807, 2.05) is 160 Å². The van der Waals surface area contributed by atoms with Gasteiger partial charge in [-0.05, 0) is 169 Å². The fourth-order valence-electron chi connectivity index (χ4n) is 8.47. The third kappa shape index (κ3) is 22.2. The van der Waals surface area contributed by atoms with Gasteiger partial charge < -0.3 is 4.57 Å². The number of aryl methyl sites for hydroxylation is 12. The predicted octanol–water partition coefficient (Wildman–Crippen LogP) is 21.1. The molecule has 0 saturated carbocycles. The Bertz CT molecular complexity index is 3500. The zero-order valence-electron chi connectivity index (χ0n) is 55.1. The van der Waals surface area contributed by atoms with E-state index in [2.05, 4.69) is 191 Å². The monoisotopic (exact) mass is 1110 g/mol. The minimum absolute atomic E-state index is 0.981. The summed E-state index contributed by atoms with van der Waals surface area (Å²) in [5.41, 5.74) is 20.4. The number of pyridine rings is 3. The number of aromatic nitrogens is 9. The van der Waals surface area contributed by atoms with Gasteiger partial charge in [-0.15, -0.1) is 0 Å². The van der Waals surface area contributed by atoms with E-state index >= 15 is 0 Å². The molecule has 440 valence electrons. The van der Waals surface area contributed by atoms with E-state index in [0.29, 0.717) is 0 Å². The van der Waals surface area contributed by atoms with Crippen molar-refractivity contribution in [2.24, 2.45) is 7.05 Å². The molecule has 0 amide bonds. The van der Waals surface area contributed by atoms with Gasteiger partial charge in [0, 0.05) is 71.3 Å². The molecule has 0 saturated heterocycles. The van der Waals surface area contributed by atoms with Gasteiger partial charge in [0.25, 0.3) is 0 Å². The average Bonchev–Trinajstić information content (AvgIpc) is 3.83. The number of para-hydroxylation sites is 3. The van der Waals surface area contributed by atoms with Crippen LogP contribution in [0, 0.1) is 76.2 Å². The van der Waals surface area contributed by atoms with Crippen molar-refractivity contribution in [3.63, 3.8) is 0 Å². The third-order valence-electron chi connectivity index (χ3n) is 12.2. The van der Waals surface area contributed by atoms with Crippen molar-refractivity contribution in [2.75, 3.05) is 0 Å². The second kappa shape index (κ2) is 40.0. The van der Waals surface area contributed by atoms with Gasteiger partial charge in [0.2, 0.25) is 0 Å². The highest BCUT2D eigenvalue weighted by Gasteiger charge is 2.04. The Labute approximate surface area is 500 Å². The van der Waals surface area contributed by atoms with Crippen molar-refractivity contribution in [1.82, 2.24) is 44.4 Å². The predicted molar refractivity (Wildman–Crippen MR) is 365 cm³/mol. The van der Waals surface area contributed by atoms with Crippen LogP contribution in [0.15, 0.2) is 164 Å². The number of benzene rings is 6. The molecule has 6 aromatic heterocycles. The molecule has 0 radical (unpaired) electrons. The van der Waals surface area contributed by atoms with Gasteiger partial charge in [0.05, 0.1) is 44.1 Å². The third-order valence-corrected chi connectivity index (χ3v) is 12.2. The number of nitrogens with zero attached hydrogens (tertiary/aromatic N) is 9. The smallest absolute Gasteiger partial charge is 0.106 e. The van der Waals surface area contributed by atoms with Crippen LogP contribution in [-0.2, 0) is 7.05 Å². The maximum Gasteiger partial charge on any atom is 0.106 e. The number of rotatable bonds is 0. The number of imidazole rings is 1. The van der Waals surface area contributed by atoms with Crippen molar-refractivity contribution in [3.05, 3.63) is 226 Å². The van der Waals surface area contributed by atoms with E-state index in [4.69, 9.17) is 0 Å². The summed E-state index contributed by atoms with van der Waals surface area (Å²) in [6.45, 7) is 46.7. The molecular weight excluding hydrogens is 1010 g/mol. The van der Waals surface area contributed by atoms with E-state index in [1.54, 1.807) is 24.8 Å². The highest BCUT2D eigenvalue weighted by molar-refractivity contribution is 5.85. The summed E-state index contributed by atoms with van der Waals surface area (Å²) in [7, 11) is 2.03. The second-order valence-electron chi connectivity index (χ2n) is 18.0. The van der Waals surface area contributed by atoms with Crippen molar-refractivity contribution < 1.29 is 0 Å². The number of hydrogen-bond donors (Lipinski definition) is 0. The molecule has 0 unspecified atom stereocenters. The number of fused-ring (bicyclic) bond motifs is 6. The summed E-state index contributed by atoms with van der Waals surface area (Å²) in [6.07, 6.45) is 8.77. The average molecular weight is 1110 g/mol. The lowest BCUT2D eigenvalue weighted by molar-refractivity contribution is 0.886. The standard InChI is InChI=1S/3C11H11N.2C10H10N2.C9H10N2.6C2H6/c1-8-3-4-10-9(2)5-6-12-11(10)7-8;1-8-7-10-5-3-4-6-11(10)9(2)12-8;1-8-7-9(2)12-11-6-4-3-5-10(8)11;1-7-5-8(2)10-9(6-7)11-3-4-12-10;1-7-3-4-8(2)10-9(7)11-5-6-12-10;1-7-10-8-5-3-4-6-9(8)11(7)2;6*1-2/h3*3-7H,1-2H3;2*3-6H,1-2H3;3-6H,1-2H3;6*1-2H3. The molecule has 83 heavy (non-hydrogen) atoms. The first kappa shape index (κ1) is 72.7. The topological polar surface area (TPSA) is 108 Å². The zero-order chi connectivity index (χ0) is 62.6. The van der Waals surface area contributed by atoms with E-state index in [1.165, 1.54) is 66.0 Å². The van der Waals surface area contributed by atoms with Crippen LogP contribution in [0.3, 0.4) is 0 Å². The van der Waals surface area contributed by atoms with E-state index in [9.17, 15) is 0 Å². The van der Waals surface area contributed by atoms with Crippen molar-refractivity contribution in [3.8, 4) is 0 Å². The lowest BCUT2D eigenvalue weighted by Crippen LogP contribution is -1.89. The molecule has 0 atom stereocenters. The minimum atomic E-state index is 0.981. The minimum Gasteiger partial charge on any atom is -0.331 e. The van der Waals surface area contributed by atoms with Crippen LogP contribution >= 0.6 is 0 Å². The lowest BCUT2D eigenvalue weighted by Gasteiger charge is -2.01. The van der Waals surface area contributed by atoms with Crippen LogP contribution in [0.4, 0.5) is 0 Å². The maximum atomic E-state index is 4.44. The lowest BCUT2D eigenvalue weighted by atomic mass is 10.1. The molecule has 6 heterocycles. The summed E-state index contributed by atoms with van der Waals surface area (Å²) < 4.78 is 2.09. The van der Waals surface area contributed by atoms with Crippen molar-refractivity contribution in [1.29, 1.82) is 0 Å². The molecule has 0 bridgehead atoms. The van der Waals surface area contributed by atoms with Gasteiger partial charge in [-0.1, -0.05) is 168 Å². The summed E-state index contributed by atoms with van der Waals surface area (Å²) in [6, 6.07) is 45.7. The zero-order valence-corrected chi connectivity index (χ0v) is 55.1. The van der Waals surface area contributed by atoms with Gasteiger partial charge in [0.15, 0.2) is 0 Å². The molecule has 0 fully saturated rings. The van der Waals surface area contributed by atoms with E-state index in [0.717, 1.165) is 61.5 Å². The van der Waals surface area contributed by atoms with Crippen LogP contribution in [0.1, 0.15) is 145 Å². The van der Waals surface area contributed by atoms with Gasteiger partial charge in [-0.25, -0.2) is 4.98 Å². The molecule has 12 aromatic rings. The Morgan fingerprint density at radius 3 is 1.39 bits per heavy atom. The highest BCUT2D eigenvalue weighted by Crippen LogP contribution is 2.21. The van der Waals surface area contributed by atoms with Crippen LogP contribution in [0.25, 0.3) is 65.7 Å². The van der Waals surface area contributed by atoms with Crippen LogP contribution in [0.2, 0.25) is 0 Å². The summed E-state index contributed by atoms with van der Waals surface area (Å²) >= 11 is 0. The first-order valence-electron chi connectivity index (χ1n) is 29.9. The van der Waals surface area contributed by atoms with Gasteiger partial charge >= 0.3 is 0 Å². The molecule has 0 N–H and O–H groups in total. The van der Waals surface area contributed by atoms with Crippen LogP contribution < -0.4 is 0 Å². The molecule has 12 rings (SSSR count). The van der Waals surface area contributed by atoms with Gasteiger partial charge in [-0.3, -0.25) is 34.9 Å². The Morgan fingerprint density at radius 2 is 0.783 bits per heavy atom. The first-order chi connectivity index (χ1) is 40.2. The van der Waals surface area contributed by atoms with E-state index < -0.39 is 0 Å². The fourth-order valence-corrected chi connectivity index (χ4v) is 8.47. The van der Waals surface area contributed by atoms with E-state index in [-0.39, 0.29) is 0 Å². The molecule has 0 aliphatic heterocycles. The summed E-state index contributed by atoms with van der Waals surface area (Å²) in [5.74, 6) is 1.06. The van der Waals surface area contributed by atoms with Gasteiger partial charge in [0.1, 0.15) is 5.82 Å². The highest BCUT2D eigenvalue weighted by atomic mass is 15.0. The van der Waals surface area contributed by atoms with Crippen molar-refractivity contribution >= 4 is 65.7 Å². The normalized spacial score (nSPS) is 9.45. The number of hydrogen-bond acceptors (Lipinski definition) is 8. The van der Waals surface area contributed by atoms with Crippen molar-refractivity contribution in [2.45, 2.75) is 159 Å². The molecular formula is C74H99N9. The SMILES string of the molecule is CC.CC.CC.CC.CC.CC.Cc1cc(C)c2ccccc2n1.Cc1cc(C)c2nccnc2c1.Cc1cc2ccccc2c(C)n1.Cc1ccc(C)c2nccnc12.Cc1ccc2c(C)ccnc2c1.Cc1nc2ccccc2n1C. The first-order valence-corrected chi connectivity index (χ1v) is 29.9. The largest absolute Gasteiger partial charge is 0.331 e. The molecule has 9 nitrogen and oxygen atoms in total. The van der Waals surface area contributed by atoms with Crippen LogP contribution in [-0.4, -0.2) is 44.4 Å². The molecule has 6 aromatic carbocycles. The van der Waals surface area contributed by atoms with Gasteiger partial charge in [-0.2, -0.15) is 0 Å². The maximum absolute atomic E-state index is 4.44. The molecule has 0 aliphatic carbocycles. The van der Waals surface area contributed by atoms with Crippen LogP contribution in [0.5, 0.6) is 0 Å². The molecule has 0 spiro atoms. The Balaban J connectivity index is 0.000000480. The Morgan fingerprint density at radius 1 is 0.301 bits per heavy atom. The molecule has 0 aliphatic rings. The second-order valence-corrected chi connectivity index (χ2v) is 18.0. The Kier molecular flexibility index (Phi) is 35.0. The fraction of sp³-hybridized carbons (Fsp3) is 0.324. The summed E-state index contributed by atoms with van der Waals surface area (Å²) in [5, 5.41) is 5.04. The Hall–Kier alpha value is -8.30. The molecule has 9 heteroatoms. The quantitative estimate of drug-likeness (QED) is 0.148.